The minimum atomic E-state index is -4.17. The van der Waals surface area contributed by atoms with Crippen molar-refractivity contribution in [2.75, 3.05) is 36.4 Å². The number of fused-ring (bicyclic) bond motifs is 1. The van der Waals surface area contributed by atoms with E-state index in [0.29, 0.717) is 53.6 Å². The number of hydrogen-bond acceptors (Lipinski definition) is 6. The number of aryl methyl sites for hydroxylation is 2. The van der Waals surface area contributed by atoms with Crippen molar-refractivity contribution in [2.24, 2.45) is 0 Å². The number of nitrogens with one attached hydrogen (secondary N) is 1. The van der Waals surface area contributed by atoms with E-state index in [1.165, 1.54) is 6.07 Å². The van der Waals surface area contributed by atoms with Crippen molar-refractivity contribution in [3.8, 4) is 0 Å². The number of benzene rings is 2. The van der Waals surface area contributed by atoms with Gasteiger partial charge in [-0.15, -0.1) is 0 Å². The van der Waals surface area contributed by atoms with Gasteiger partial charge in [-0.1, -0.05) is 29.8 Å². The minimum absolute atomic E-state index is 0.0495. The molecular weight excluding hydrogens is 538 g/mol. The maximum absolute atomic E-state index is 14.1. The van der Waals surface area contributed by atoms with E-state index in [9.17, 15) is 18.0 Å². The van der Waals surface area contributed by atoms with Gasteiger partial charge in [-0.25, -0.2) is 8.42 Å². The van der Waals surface area contributed by atoms with Gasteiger partial charge in [0.1, 0.15) is 6.04 Å². The fraction of sp³-hybridized carbons (Fsp3) is 0.321. The molecule has 1 atom stereocenters. The molecule has 1 fully saturated rings. The molecule has 0 radical (unpaired) electrons. The van der Waals surface area contributed by atoms with Crippen molar-refractivity contribution in [3.05, 3.63) is 82.6 Å². The summed E-state index contributed by atoms with van der Waals surface area (Å²) in [5.74, 6) is -0.796. The lowest BCUT2D eigenvalue weighted by Crippen LogP contribution is -2.52. The summed E-state index contributed by atoms with van der Waals surface area (Å²) in [7, 11) is -4.17. The van der Waals surface area contributed by atoms with Crippen LogP contribution in [0.1, 0.15) is 23.1 Å². The summed E-state index contributed by atoms with van der Waals surface area (Å²) in [6.45, 7) is 5.55. The summed E-state index contributed by atoms with van der Waals surface area (Å²) < 4.78 is 29.4. The van der Waals surface area contributed by atoms with Gasteiger partial charge in [0.15, 0.2) is 0 Å². The number of amides is 2. The first-order valence-corrected chi connectivity index (χ1v) is 14.6. The Hall–Kier alpha value is -3.47. The molecule has 0 aliphatic carbocycles. The highest BCUT2D eigenvalue weighted by Crippen LogP contribution is 2.33. The summed E-state index contributed by atoms with van der Waals surface area (Å²) in [4.78, 5) is 35.0. The lowest BCUT2D eigenvalue weighted by Gasteiger charge is -2.37. The van der Waals surface area contributed by atoms with Gasteiger partial charge >= 0.3 is 0 Å². The van der Waals surface area contributed by atoms with E-state index in [1.54, 1.807) is 61.5 Å². The molecule has 204 valence electrons. The first kappa shape index (κ1) is 27.1. The van der Waals surface area contributed by atoms with Gasteiger partial charge in [-0.2, -0.15) is 4.31 Å². The highest BCUT2D eigenvalue weighted by molar-refractivity contribution is 7.89. The topological polar surface area (TPSA) is 103 Å². The van der Waals surface area contributed by atoms with E-state index in [0.717, 1.165) is 9.99 Å². The van der Waals surface area contributed by atoms with E-state index in [-0.39, 0.29) is 23.8 Å². The number of anilines is 2. The zero-order valence-corrected chi connectivity index (χ0v) is 23.4. The number of carbonyl (C=O) groups is 2. The van der Waals surface area contributed by atoms with Crippen LogP contribution in [0, 0.1) is 13.8 Å². The van der Waals surface area contributed by atoms with Gasteiger partial charge in [-0.3, -0.25) is 14.6 Å². The Bertz CT molecular complexity index is 1510. The highest BCUT2D eigenvalue weighted by Gasteiger charge is 2.41. The molecular formula is C28H30ClN5O4S. The molecule has 0 bridgehead atoms. The Morgan fingerprint density at radius 2 is 1.72 bits per heavy atom. The van der Waals surface area contributed by atoms with E-state index in [4.69, 9.17) is 11.6 Å². The second kappa shape index (κ2) is 11.0. The maximum atomic E-state index is 14.1. The molecule has 2 amide bonds. The molecule has 3 aromatic rings. The number of para-hydroxylation sites is 1. The van der Waals surface area contributed by atoms with Gasteiger partial charge in [0.25, 0.3) is 0 Å². The van der Waals surface area contributed by atoms with Crippen LogP contribution in [0.3, 0.4) is 0 Å². The maximum Gasteiger partial charge on any atom is 0.244 e. The molecule has 11 heteroatoms. The van der Waals surface area contributed by atoms with Crippen molar-refractivity contribution in [1.29, 1.82) is 0 Å². The first-order chi connectivity index (χ1) is 18.6. The quantitative estimate of drug-likeness (QED) is 0.505. The lowest BCUT2D eigenvalue weighted by molar-refractivity contribution is -0.135. The second-order valence-corrected chi connectivity index (χ2v) is 12.1. The molecule has 1 N–H and O–H groups in total. The average Bonchev–Trinajstić information content (AvgIpc) is 3.07. The predicted octanol–water partition coefficient (Wildman–Crippen LogP) is 3.60. The van der Waals surface area contributed by atoms with E-state index < -0.39 is 22.0 Å². The van der Waals surface area contributed by atoms with E-state index in [2.05, 4.69) is 15.2 Å². The second-order valence-electron chi connectivity index (χ2n) is 9.86. The Labute approximate surface area is 233 Å². The molecule has 1 saturated heterocycles. The van der Waals surface area contributed by atoms with E-state index >= 15 is 0 Å². The molecule has 1 unspecified atom stereocenters. The van der Waals surface area contributed by atoms with Crippen LogP contribution in [-0.2, 0) is 26.2 Å². The summed E-state index contributed by atoms with van der Waals surface area (Å²) in [5.41, 5.74) is 3.30. The van der Waals surface area contributed by atoms with Crippen LogP contribution in [0.15, 0.2) is 65.8 Å². The zero-order chi connectivity index (χ0) is 27.7. The van der Waals surface area contributed by atoms with Crippen LogP contribution in [0.4, 0.5) is 11.4 Å². The van der Waals surface area contributed by atoms with Gasteiger partial charge in [0, 0.05) is 61.5 Å². The van der Waals surface area contributed by atoms with Crippen LogP contribution in [-0.4, -0.2) is 66.6 Å². The predicted molar refractivity (Wildman–Crippen MR) is 150 cm³/mol. The normalized spacial score (nSPS) is 18.3. The van der Waals surface area contributed by atoms with Crippen LogP contribution >= 0.6 is 11.6 Å². The number of pyridine rings is 1. The SMILES string of the molecule is Cc1cc(S(=O)(=O)N2Cc3ccccc3NC(=O)C2CC(=O)N2CCN(c3ccncc3)CC2)c(C)cc1Cl. The number of carbonyl (C=O) groups excluding carboxylic acids is 2. The summed E-state index contributed by atoms with van der Waals surface area (Å²) in [5, 5.41) is 3.31. The summed E-state index contributed by atoms with van der Waals surface area (Å²) >= 11 is 6.24. The molecule has 0 saturated carbocycles. The van der Waals surface area contributed by atoms with Crippen LogP contribution in [0.25, 0.3) is 0 Å². The fourth-order valence-electron chi connectivity index (χ4n) is 5.07. The monoisotopic (exact) mass is 567 g/mol. The van der Waals surface area contributed by atoms with Gasteiger partial charge < -0.3 is 15.1 Å². The third-order valence-corrected chi connectivity index (χ3v) is 9.73. The molecule has 0 spiro atoms. The zero-order valence-electron chi connectivity index (χ0n) is 21.8. The molecule has 1 aromatic heterocycles. The lowest BCUT2D eigenvalue weighted by atomic mass is 10.1. The van der Waals surface area contributed by atoms with Crippen molar-refractivity contribution < 1.29 is 18.0 Å². The van der Waals surface area contributed by atoms with Crippen molar-refractivity contribution in [2.45, 2.75) is 37.8 Å². The highest BCUT2D eigenvalue weighted by atomic mass is 35.5. The number of piperazine rings is 1. The number of rotatable bonds is 5. The van der Waals surface area contributed by atoms with Gasteiger partial charge in [0.2, 0.25) is 21.8 Å². The average molecular weight is 568 g/mol. The van der Waals surface area contributed by atoms with Crippen LogP contribution < -0.4 is 10.2 Å². The first-order valence-electron chi connectivity index (χ1n) is 12.8. The molecule has 2 aliphatic heterocycles. The third kappa shape index (κ3) is 5.50. The molecule has 39 heavy (non-hydrogen) atoms. The smallest absolute Gasteiger partial charge is 0.244 e. The van der Waals surface area contributed by atoms with E-state index in [1.807, 2.05) is 12.1 Å². The molecule has 3 heterocycles. The number of aromatic nitrogens is 1. The Balaban J connectivity index is 1.43. The van der Waals surface area contributed by atoms with Gasteiger partial charge in [-0.05, 0) is 60.9 Å². The largest absolute Gasteiger partial charge is 0.368 e. The van der Waals surface area contributed by atoms with Crippen molar-refractivity contribution in [1.82, 2.24) is 14.2 Å². The van der Waals surface area contributed by atoms with Gasteiger partial charge in [0.05, 0.1) is 11.3 Å². The Morgan fingerprint density at radius 3 is 2.44 bits per heavy atom. The standard InChI is InChI=1S/C28H30ClN5O4S/c1-19-16-26(20(2)15-23(19)29)39(37,38)34-18-21-5-3-4-6-24(21)31-28(36)25(34)17-27(35)33-13-11-32(12-14-33)22-7-9-30-10-8-22/h3-10,15-16,25H,11-14,17-18H2,1-2H3,(H,31,36). The Morgan fingerprint density at radius 1 is 1.03 bits per heavy atom. The van der Waals surface area contributed by atoms with Crippen LogP contribution in [0.2, 0.25) is 5.02 Å². The number of sulfonamides is 1. The number of halogens is 1. The number of nitrogens with zero attached hydrogens (tertiary/aromatic N) is 4. The Kier molecular flexibility index (Phi) is 7.61. The molecule has 2 aliphatic rings. The van der Waals surface area contributed by atoms with Crippen molar-refractivity contribution >= 4 is 44.8 Å². The molecule has 9 nitrogen and oxygen atoms in total. The minimum Gasteiger partial charge on any atom is -0.368 e. The summed E-state index contributed by atoms with van der Waals surface area (Å²) in [6.07, 6.45) is 3.20. The number of hydrogen-bond donors (Lipinski definition) is 1. The third-order valence-electron chi connectivity index (χ3n) is 7.32. The molecule has 5 rings (SSSR count). The summed E-state index contributed by atoms with van der Waals surface area (Å²) in [6, 6.07) is 12.8. The van der Waals surface area contributed by atoms with Crippen LogP contribution in [0.5, 0.6) is 0 Å². The molecule has 2 aromatic carbocycles. The van der Waals surface area contributed by atoms with Crippen molar-refractivity contribution in [3.63, 3.8) is 0 Å². The fourth-order valence-corrected chi connectivity index (χ4v) is 7.15.